The highest BCUT2D eigenvalue weighted by atomic mass is 32.2. The molecular formula is C17H20N2O6S. The molecule has 9 heteroatoms. The van der Waals surface area contributed by atoms with Gasteiger partial charge in [-0.25, -0.2) is 8.42 Å². The van der Waals surface area contributed by atoms with Gasteiger partial charge in [-0.2, -0.15) is 0 Å². The lowest BCUT2D eigenvalue weighted by Crippen LogP contribution is -2.41. The van der Waals surface area contributed by atoms with Crippen LogP contribution in [0.4, 0.5) is 0 Å². The number of aryl methyl sites for hydroxylation is 1. The van der Waals surface area contributed by atoms with Crippen molar-refractivity contribution in [3.05, 3.63) is 47.5 Å². The molecule has 0 spiro atoms. The molecule has 0 fully saturated rings. The molecule has 2 aromatic rings. The summed E-state index contributed by atoms with van der Waals surface area (Å²) in [5, 5.41) is 0. The molecule has 0 aromatic heterocycles. The van der Waals surface area contributed by atoms with Gasteiger partial charge >= 0.3 is 0 Å². The number of carbonyl (C=O) groups excluding carboxylic acids is 1. The molecule has 0 aliphatic heterocycles. The highest BCUT2D eigenvalue weighted by Crippen LogP contribution is 2.27. The van der Waals surface area contributed by atoms with Crippen LogP contribution in [-0.4, -0.2) is 35.7 Å². The molecule has 0 saturated carbocycles. The molecular weight excluding hydrogens is 360 g/mol. The Morgan fingerprint density at radius 1 is 0.885 bits per heavy atom. The Morgan fingerprint density at radius 3 is 2.12 bits per heavy atom. The Bertz CT molecular complexity index is 911. The minimum atomic E-state index is -4.02. The van der Waals surface area contributed by atoms with Crippen molar-refractivity contribution in [3.63, 3.8) is 0 Å². The van der Waals surface area contributed by atoms with Gasteiger partial charge in [-0.05, 0) is 42.8 Å². The van der Waals surface area contributed by atoms with Crippen LogP contribution in [0.25, 0.3) is 0 Å². The van der Waals surface area contributed by atoms with Crippen molar-refractivity contribution in [1.82, 2.24) is 10.3 Å². The Labute approximate surface area is 152 Å². The van der Waals surface area contributed by atoms with Crippen molar-refractivity contribution < 1.29 is 27.4 Å². The van der Waals surface area contributed by atoms with Gasteiger partial charge in [0.15, 0.2) is 11.5 Å². The second kappa shape index (κ2) is 8.07. The number of methoxy groups -OCH3 is 3. The van der Waals surface area contributed by atoms with Crippen molar-refractivity contribution in [2.24, 2.45) is 0 Å². The van der Waals surface area contributed by atoms with E-state index < -0.39 is 15.9 Å². The molecule has 140 valence electrons. The molecule has 8 nitrogen and oxygen atoms in total. The van der Waals surface area contributed by atoms with E-state index in [9.17, 15) is 13.2 Å². The molecule has 0 atom stereocenters. The van der Waals surface area contributed by atoms with Gasteiger partial charge in [-0.1, -0.05) is 6.07 Å². The summed E-state index contributed by atoms with van der Waals surface area (Å²) >= 11 is 0. The van der Waals surface area contributed by atoms with Gasteiger partial charge in [0.2, 0.25) is 0 Å². The predicted molar refractivity (Wildman–Crippen MR) is 95.1 cm³/mol. The van der Waals surface area contributed by atoms with Gasteiger partial charge < -0.3 is 14.2 Å². The normalized spacial score (nSPS) is 10.9. The summed E-state index contributed by atoms with van der Waals surface area (Å²) < 4.78 is 40.2. The van der Waals surface area contributed by atoms with Gasteiger partial charge in [0, 0.05) is 5.56 Å². The lowest BCUT2D eigenvalue weighted by atomic mass is 10.2. The van der Waals surface area contributed by atoms with Crippen molar-refractivity contribution >= 4 is 15.9 Å². The smallest absolute Gasteiger partial charge is 0.266 e. The fraction of sp³-hybridized carbons (Fsp3) is 0.235. The number of hydrogen-bond donors (Lipinski definition) is 2. The zero-order valence-corrected chi connectivity index (χ0v) is 15.6. The number of rotatable bonds is 7. The molecule has 0 unspecified atom stereocenters. The van der Waals surface area contributed by atoms with Crippen LogP contribution in [0.15, 0.2) is 41.3 Å². The van der Waals surface area contributed by atoms with Crippen LogP contribution < -0.4 is 24.5 Å². The number of hydrogen-bond acceptors (Lipinski definition) is 6. The maximum atomic E-state index is 12.5. The first-order valence-corrected chi connectivity index (χ1v) is 8.99. The van der Waals surface area contributed by atoms with Crippen LogP contribution >= 0.6 is 0 Å². The van der Waals surface area contributed by atoms with Crippen LogP contribution in [0.2, 0.25) is 0 Å². The number of carbonyl (C=O) groups is 1. The summed E-state index contributed by atoms with van der Waals surface area (Å²) in [6, 6.07) is 9.18. The molecule has 0 radical (unpaired) electrons. The third kappa shape index (κ3) is 4.24. The number of amides is 1. The number of sulfonamides is 1. The SMILES string of the molecule is COc1ccc(C(=O)NNS(=O)(=O)c2cc(C)ccc2OC)cc1OC. The van der Waals surface area contributed by atoms with Crippen molar-refractivity contribution in [2.45, 2.75) is 11.8 Å². The summed E-state index contributed by atoms with van der Waals surface area (Å²) in [7, 11) is 0.257. The quantitative estimate of drug-likeness (QED) is 0.708. The van der Waals surface area contributed by atoms with E-state index in [1.165, 1.54) is 39.5 Å². The van der Waals surface area contributed by atoms with Crippen LogP contribution in [0.1, 0.15) is 15.9 Å². The summed E-state index contributed by atoms with van der Waals surface area (Å²) in [6.07, 6.45) is 0. The van der Waals surface area contributed by atoms with Crippen LogP contribution in [0.3, 0.4) is 0 Å². The van der Waals surface area contributed by atoms with E-state index >= 15 is 0 Å². The molecule has 0 bridgehead atoms. The van der Waals surface area contributed by atoms with Crippen LogP contribution in [0.5, 0.6) is 17.2 Å². The minimum absolute atomic E-state index is 0.0763. The average Bonchev–Trinajstić information content (AvgIpc) is 2.65. The number of nitrogens with one attached hydrogen (secondary N) is 2. The minimum Gasteiger partial charge on any atom is -0.495 e. The third-order valence-corrected chi connectivity index (χ3v) is 4.82. The maximum Gasteiger partial charge on any atom is 0.266 e. The van der Waals surface area contributed by atoms with E-state index in [0.717, 1.165) is 5.56 Å². The monoisotopic (exact) mass is 380 g/mol. The molecule has 26 heavy (non-hydrogen) atoms. The molecule has 1 amide bonds. The first-order valence-electron chi connectivity index (χ1n) is 7.51. The van der Waals surface area contributed by atoms with Crippen molar-refractivity contribution in [2.75, 3.05) is 21.3 Å². The molecule has 2 N–H and O–H groups in total. The molecule has 2 rings (SSSR count). The number of ether oxygens (including phenoxy) is 3. The van der Waals surface area contributed by atoms with Crippen LogP contribution in [-0.2, 0) is 10.0 Å². The van der Waals surface area contributed by atoms with E-state index in [4.69, 9.17) is 14.2 Å². The van der Waals surface area contributed by atoms with Gasteiger partial charge in [-0.3, -0.25) is 10.2 Å². The third-order valence-electron chi connectivity index (χ3n) is 3.55. The molecule has 0 saturated heterocycles. The highest BCUT2D eigenvalue weighted by Gasteiger charge is 2.21. The van der Waals surface area contributed by atoms with Gasteiger partial charge in [0.25, 0.3) is 15.9 Å². The van der Waals surface area contributed by atoms with Gasteiger partial charge in [-0.15, -0.1) is 4.83 Å². The highest BCUT2D eigenvalue weighted by molar-refractivity contribution is 7.89. The fourth-order valence-electron chi connectivity index (χ4n) is 2.21. The fourth-order valence-corrected chi connectivity index (χ4v) is 3.31. The first kappa shape index (κ1) is 19.5. The van der Waals surface area contributed by atoms with E-state index in [0.29, 0.717) is 11.5 Å². The molecule has 0 heterocycles. The second-order valence-corrected chi connectivity index (χ2v) is 6.93. The number of benzene rings is 2. The zero-order valence-electron chi connectivity index (χ0n) is 14.8. The Balaban J connectivity index is 2.20. The van der Waals surface area contributed by atoms with E-state index in [1.807, 2.05) is 0 Å². The lowest BCUT2D eigenvalue weighted by Gasteiger charge is -2.13. The largest absolute Gasteiger partial charge is 0.495 e. The number of hydrazine groups is 1. The zero-order chi connectivity index (χ0) is 19.3. The van der Waals surface area contributed by atoms with E-state index in [-0.39, 0.29) is 16.2 Å². The van der Waals surface area contributed by atoms with Gasteiger partial charge in [0.05, 0.1) is 21.3 Å². The summed E-state index contributed by atoms with van der Waals surface area (Å²) in [5.41, 5.74) is 3.10. The topological polar surface area (TPSA) is 103 Å². The van der Waals surface area contributed by atoms with Gasteiger partial charge in [0.1, 0.15) is 10.6 Å². The Hall–Kier alpha value is -2.78. The Morgan fingerprint density at radius 2 is 1.50 bits per heavy atom. The van der Waals surface area contributed by atoms with E-state index in [1.54, 1.807) is 25.1 Å². The summed E-state index contributed by atoms with van der Waals surface area (Å²) in [6.45, 7) is 1.75. The lowest BCUT2D eigenvalue weighted by molar-refractivity contribution is 0.0944. The molecule has 0 aliphatic carbocycles. The first-order chi connectivity index (χ1) is 12.3. The molecule has 0 aliphatic rings. The summed E-state index contributed by atoms with van der Waals surface area (Å²) in [4.78, 5) is 14.2. The second-order valence-electron chi connectivity index (χ2n) is 5.28. The maximum absolute atomic E-state index is 12.5. The summed E-state index contributed by atoms with van der Waals surface area (Å²) in [5.74, 6) is 0.321. The van der Waals surface area contributed by atoms with Crippen molar-refractivity contribution in [1.29, 1.82) is 0 Å². The van der Waals surface area contributed by atoms with Crippen molar-refractivity contribution in [3.8, 4) is 17.2 Å². The standard InChI is InChI=1S/C17H20N2O6S/c1-11-5-7-14(24-3)16(9-11)26(21,22)19-18-17(20)12-6-8-13(23-2)15(10-12)25-4/h5-10,19H,1-4H3,(H,18,20). The van der Waals surface area contributed by atoms with E-state index in [2.05, 4.69) is 10.3 Å². The Kier molecular flexibility index (Phi) is 6.06. The predicted octanol–water partition coefficient (Wildman–Crippen LogP) is 1.64. The van der Waals surface area contributed by atoms with Crippen LogP contribution in [0, 0.1) is 6.92 Å². The average molecular weight is 380 g/mol. The molecule has 2 aromatic carbocycles.